The Balaban J connectivity index is 2.21. The number of nitro groups is 1. The minimum atomic E-state index is -0.446. The zero-order valence-corrected chi connectivity index (χ0v) is 11.0. The first kappa shape index (κ1) is 13.4. The number of hydrogen-bond donors (Lipinski definition) is 1. The first-order valence-electron chi connectivity index (χ1n) is 5.51. The lowest BCUT2D eigenvalue weighted by molar-refractivity contribution is -0.384. The number of hydrogen-bond acceptors (Lipinski definition) is 6. The molecule has 0 saturated heterocycles. The van der Waals surface area contributed by atoms with Gasteiger partial charge in [0.15, 0.2) is 0 Å². The third kappa shape index (κ3) is 2.70. The van der Waals surface area contributed by atoms with Crippen molar-refractivity contribution in [1.29, 1.82) is 0 Å². The summed E-state index contributed by atoms with van der Waals surface area (Å²) in [4.78, 5) is 21.8. The number of nitrogens with two attached hydrogens (primary N) is 1. The number of benzene rings is 1. The Bertz CT molecular complexity index is 571. The van der Waals surface area contributed by atoms with Crippen LogP contribution in [0.25, 0.3) is 0 Å². The minimum absolute atomic E-state index is 0.0307. The summed E-state index contributed by atoms with van der Waals surface area (Å²) in [5.74, 6) is -0.446. The maximum absolute atomic E-state index is 11.5. The van der Waals surface area contributed by atoms with E-state index in [1.807, 2.05) is 0 Å². The molecule has 1 aliphatic heterocycles. The fourth-order valence-corrected chi connectivity index (χ4v) is 3.03. The van der Waals surface area contributed by atoms with Crippen LogP contribution in [0.5, 0.6) is 0 Å². The molecule has 0 saturated carbocycles. The van der Waals surface area contributed by atoms with E-state index < -0.39 is 10.9 Å². The molecule has 0 aliphatic carbocycles. The smallest absolute Gasteiger partial charge is 0.336 e. The first-order valence-corrected chi connectivity index (χ1v) is 6.39. The highest BCUT2D eigenvalue weighted by molar-refractivity contribution is 8.03. The van der Waals surface area contributed by atoms with Crippen LogP contribution >= 0.6 is 11.8 Å². The summed E-state index contributed by atoms with van der Waals surface area (Å²) in [6.07, 6.45) is 0.421. The average molecular weight is 280 g/mol. The Morgan fingerprint density at radius 3 is 2.95 bits per heavy atom. The van der Waals surface area contributed by atoms with Gasteiger partial charge in [-0.25, -0.2) is 4.79 Å². The van der Waals surface area contributed by atoms with Crippen molar-refractivity contribution in [1.82, 2.24) is 0 Å². The molecule has 2 rings (SSSR count). The quantitative estimate of drug-likeness (QED) is 0.517. The zero-order valence-electron chi connectivity index (χ0n) is 10.2. The lowest BCUT2D eigenvalue weighted by Gasteiger charge is -2.09. The van der Waals surface area contributed by atoms with Crippen LogP contribution in [0.15, 0.2) is 34.9 Å². The third-order valence-corrected chi connectivity index (χ3v) is 4.06. The Morgan fingerprint density at radius 2 is 2.32 bits per heavy atom. The number of nitro benzene ring substituents is 1. The van der Waals surface area contributed by atoms with Gasteiger partial charge in [-0.2, -0.15) is 0 Å². The van der Waals surface area contributed by atoms with Gasteiger partial charge in [-0.3, -0.25) is 10.1 Å². The molecule has 0 spiro atoms. The Morgan fingerprint density at radius 1 is 1.58 bits per heavy atom. The van der Waals surface area contributed by atoms with Gasteiger partial charge in [-0.05, 0) is 12.0 Å². The molecule has 1 aromatic rings. The second kappa shape index (κ2) is 5.31. The third-order valence-electron chi connectivity index (χ3n) is 2.84. The SMILES string of the molecule is COC(=O)C1=C(N)SC(c2cccc([N+](=O)[O-])c2)C1. The Labute approximate surface area is 113 Å². The molecular formula is C12H12N2O4S. The number of nitrogens with zero attached hydrogens (tertiary/aromatic N) is 1. The van der Waals surface area contributed by atoms with Gasteiger partial charge in [0.05, 0.1) is 22.6 Å². The molecule has 7 heteroatoms. The van der Waals surface area contributed by atoms with Crippen molar-refractivity contribution in [3.05, 3.63) is 50.5 Å². The molecule has 1 atom stereocenters. The first-order chi connectivity index (χ1) is 9.02. The van der Waals surface area contributed by atoms with E-state index in [4.69, 9.17) is 5.73 Å². The van der Waals surface area contributed by atoms with Gasteiger partial charge in [0.1, 0.15) is 0 Å². The second-order valence-corrected chi connectivity index (χ2v) is 5.24. The van der Waals surface area contributed by atoms with Gasteiger partial charge in [0, 0.05) is 17.4 Å². The number of esters is 1. The maximum Gasteiger partial charge on any atom is 0.336 e. The molecule has 19 heavy (non-hydrogen) atoms. The summed E-state index contributed by atoms with van der Waals surface area (Å²) < 4.78 is 4.65. The van der Waals surface area contributed by atoms with Gasteiger partial charge in [-0.1, -0.05) is 23.9 Å². The van der Waals surface area contributed by atoms with Crippen LogP contribution in [-0.4, -0.2) is 18.0 Å². The monoisotopic (exact) mass is 280 g/mol. The van der Waals surface area contributed by atoms with Crippen molar-refractivity contribution in [3.63, 3.8) is 0 Å². The zero-order chi connectivity index (χ0) is 14.0. The second-order valence-electron chi connectivity index (χ2n) is 4.00. The van der Waals surface area contributed by atoms with Gasteiger partial charge in [0.25, 0.3) is 5.69 Å². The number of carbonyl (C=O) groups excluding carboxylic acids is 1. The predicted octanol–water partition coefficient (Wildman–Crippen LogP) is 2.12. The van der Waals surface area contributed by atoms with Crippen molar-refractivity contribution in [2.75, 3.05) is 7.11 Å². The van der Waals surface area contributed by atoms with Gasteiger partial charge in [0.2, 0.25) is 0 Å². The van der Waals surface area contributed by atoms with E-state index in [0.29, 0.717) is 17.0 Å². The van der Waals surface area contributed by atoms with E-state index in [1.54, 1.807) is 12.1 Å². The van der Waals surface area contributed by atoms with Gasteiger partial charge in [-0.15, -0.1) is 0 Å². The summed E-state index contributed by atoms with van der Waals surface area (Å²) in [7, 11) is 1.30. The molecule has 0 bridgehead atoms. The number of thioether (sulfide) groups is 1. The lowest BCUT2D eigenvalue weighted by atomic mass is 10.0. The molecule has 1 aromatic carbocycles. The summed E-state index contributed by atoms with van der Waals surface area (Å²) in [5, 5.41) is 11.1. The summed E-state index contributed by atoms with van der Waals surface area (Å²) in [6.45, 7) is 0. The number of non-ortho nitro benzene ring substituents is 1. The summed E-state index contributed by atoms with van der Waals surface area (Å²) in [6, 6.07) is 6.35. The summed E-state index contributed by atoms with van der Waals surface area (Å²) in [5.41, 5.74) is 7.03. The van der Waals surface area contributed by atoms with Crippen molar-refractivity contribution >= 4 is 23.4 Å². The van der Waals surface area contributed by atoms with E-state index in [0.717, 1.165) is 5.56 Å². The van der Waals surface area contributed by atoms with Crippen LogP contribution in [0.4, 0.5) is 5.69 Å². The standard InChI is InChI=1S/C12H12N2O4S/c1-18-12(15)9-6-10(19-11(9)13)7-3-2-4-8(5-7)14(16)17/h2-5,10H,6,13H2,1H3. The van der Waals surface area contributed by atoms with E-state index in [-0.39, 0.29) is 10.9 Å². The molecule has 1 heterocycles. The number of carbonyl (C=O) groups is 1. The topological polar surface area (TPSA) is 95.5 Å². The van der Waals surface area contributed by atoms with Crippen LogP contribution in [0.2, 0.25) is 0 Å². The highest BCUT2D eigenvalue weighted by Crippen LogP contribution is 2.46. The van der Waals surface area contributed by atoms with E-state index in [1.165, 1.54) is 31.0 Å². The summed E-state index contributed by atoms with van der Waals surface area (Å²) >= 11 is 1.32. The van der Waals surface area contributed by atoms with Crippen molar-refractivity contribution in [2.45, 2.75) is 11.7 Å². The molecular weight excluding hydrogens is 268 g/mol. The number of rotatable bonds is 3. The molecule has 1 aliphatic rings. The van der Waals surface area contributed by atoms with E-state index >= 15 is 0 Å². The van der Waals surface area contributed by atoms with Crippen molar-refractivity contribution < 1.29 is 14.5 Å². The minimum Gasteiger partial charge on any atom is -0.466 e. The average Bonchev–Trinajstić information content (AvgIpc) is 2.80. The van der Waals surface area contributed by atoms with Crippen LogP contribution < -0.4 is 5.73 Å². The van der Waals surface area contributed by atoms with Crippen LogP contribution in [-0.2, 0) is 9.53 Å². The van der Waals surface area contributed by atoms with Crippen LogP contribution in [0, 0.1) is 10.1 Å². The van der Waals surface area contributed by atoms with Crippen molar-refractivity contribution in [2.24, 2.45) is 5.73 Å². The number of ether oxygens (including phenoxy) is 1. The maximum atomic E-state index is 11.5. The van der Waals surface area contributed by atoms with Crippen LogP contribution in [0.1, 0.15) is 17.2 Å². The van der Waals surface area contributed by atoms with Crippen LogP contribution in [0.3, 0.4) is 0 Å². The Kier molecular flexibility index (Phi) is 3.75. The molecule has 1 unspecified atom stereocenters. The fourth-order valence-electron chi connectivity index (χ4n) is 1.88. The van der Waals surface area contributed by atoms with Gasteiger partial charge >= 0.3 is 5.97 Å². The van der Waals surface area contributed by atoms with Gasteiger partial charge < -0.3 is 10.5 Å². The molecule has 2 N–H and O–H groups in total. The van der Waals surface area contributed by atoms with E-state index in [9.17, 15) is 14.9 Å². The normalized spacial score (nSPS) is 18.5. The van der Waals surface area contributed by atoms with Crippen molar-refractivity contribution in [3.8, 4) is 0 Å². The molecule has 6 nitrogen and oxygen atoms in total. The highest BCUT2D eigenvalue weighted by atomic mass is 32.2. The molecule has 0 fully saturated rings. The fraction of sp³-hybridized carbons (Fsp3) is 0.250. The molecule has 100 valence electrons. The lowest BCUT2D eigenvalue weighted by Crippen LogP contribution is -2.07. The Hall–Kier alpha value is -2.02. The molecule has 0 radical (unpaired) electrons. The highest BCUT2D eigenvalue weighted by Gasteiger charge is 2.30. The predicted molar refractivity (Wildman–Crippen MR) is 71.3 cm³/mol. The number of methoxy groups -OCH3 is 1. The largest absolute Gasteiger partial charge is 0.466 e. The van der Waals surface area contributed by atoms with E-state index in [2.05, 4.69) is 4.74 Å². The molecule has 0 aromatic heterocycles. The molecule has 0 amide bonds.